The predicted octanol–water partition coefficient (Wildman–Crippen LogP) is 2.78. The molecule has 96 valence electrons. The maximum atomic E-state index is 4.46. The van der Waals surface area contributed by atoms with Crippen molar-refractivity contribution in [1.82, 2.24) is 14.9 Å². The fourth-order valence-corrected chi connectivity index (χ4v) is 3.21. The van der Waals surface area contributed by atoms with Crippen molar-refractivity contribution in [3.63, 3.8) is 0 Å². The van der Waals surface area contributed by atoms with Crippen molar-refractivity contribution in [3.05, 3.63) is 18.2 Å². The lowest BCUT2D eigenvalue weighted by atomic mass is 9.86. The molecule has 2 rings (SSSR count). The Morgan fingerprint density at radius 1 is 1.47 bits per heavy atom. The van der Waals surface area contributed by atoms with Crippen LogP contribution in [0.4, 0.5) is 0 Å². The van der Waals surface area contributed by atoms with E-state index in [1.165, 1.54) is 18.7 Å². The van der Waals surface area contributed by atoms with E-state index in [2.05, 4.69) is 48.8 Å². The van der Waals surface area contributed by atoms with Crippen LogP contribution in [0.3, 0.4) is 0 Å². The molecule has 0 spiro atoms. The molecule has 1 heterocycles. The molecule has 0 bridgehead atoms. The second-order valence-corrected chi connectivity index (χ2v) is 5.73. The van der Waals surface area contributed by atoms with E-state index in [4.69, 9.17) is 0 Å². The molecule has 17 heavy (non-hydrogen) atoms. The molecule has 0 amide bonds. The number of hydrogen-bond acceptors (Lipinski definition) is 2. The number of aromatic nitrogens is 2. The molecule has 3 heteroatoms. The van der Waals surface area contributed by atoms with Crippen LogP contribution < -0.4 is 5.32 Å². The Kier molecular flexibility index (Phi) is 3.57. The summed E-state index contributed by atoms with van der Waals surface area (Å²) in [4.78, 5) is 4.46. The first-order chi connectivity index (χ1) is 8.10. The maximum absolute atomic E-state index is 4.46. The van der Waals surface area contributed by atoms with Crippen molar-refractivity contribution in [2.45, 2.75) is 59.0 Å². The summed E-state index contributed by atoms with van der Waals surface area (Å²) in [6, 6.07) is 1.13. The van der Waals surface area contributed by atoms with Crippen molar-refractivity contribution in [2.75, 3.05) is 6.54 Å². The molecule has 0 saturated heterocycles. The molecule has 2 unspecified atom stereocenters. The molecule has 0 aliphatic heterocycles. The topological polar surface area (TPSA) is 29.9 Å². The zero-order chi connectivity index (χ0) is 12.5. The molecule has 1 aromatic rings. The molecule has 2 atom stereocenters. The Morgan fingerprint density at radius 3 is 2.88 bits per heavy atom. The standard InChI is InChI=1S/C14H25N3/c1-5-12-16-9-10-17(12)11-7-8-14(3,4)13(11)15-6-2/h9-11,13,15H,5-8H2,1-4H3. The monoisotopic (exact) mass is 235 g/mol. The van der Waals surface area contributed by atoms with Crippen molar-refractivity contribution in [1.29, 1.82) is 0 Å². The number of nitrogens with zero attached hydrogens (tertiary/aromatic N) is 2. The lowest BCUT2D eigenvalue weighted by molar-refractivity contribution is 0.250. The minimum Gasteiger partial charge on any atom is -0.330 e. The van der Waals surface area contributed by atoms with E-state index in [1.54, 1.807) is 0 Å². The number of hydrogen-bond donors (Lipinski definition) is 1. The molecule has 0 radical (unpaired) electrons. The van der Waals surface area contributed by atoms with E-state index in [0.29, 0.717) is 17.5 Å². The zero-order valence-corrected chi connectivity index (χ0v) is 11.5. The molecule has 1 aliphatic rings. The fourth-order valence-electron chi connectivity index (χ4n) is 3.21. The summed E-state index contributed by atoms with van der Waals surface area (Å²) >= 11 is 0. The average molecular weight is 235 g/mol. The number of aryl methyl sites for hydroxylation is 1. The summed E-state index contributed by atoms with van der Waals surface area (Å²) < 4.78 is 2.39. The van der Waals surface area contributed by atoms with Crippen molar-refractivity contribution < 1.29 is 0 Å². The first kappa shape index (κ1) is 12.6. The Bertz CT molecular complexity index is 367. The smallest absolute Gasteiger partial charge is 0.108 e. The van der Waals surface area contributed by atoms with Crippen LogP contribution >= 0.6 is 0 Å². The summed E-state index contributed by atoms with van der Waals surface area (Å²) in [5.74, 6) is 1.22. The van der Waals surface area contributed by atoms with Crippen molar-refractivity contribution in [3.8, 4) is 0 Å². The SMILES string of the molecule is CCNC1C(n2ccnc2CC)CCC1(C)C. The van der Waals surface area contributed by atoms with Crippen molar-refractivity contribution >= 4 is 0 Å². The minimum absolute atomic E-state index is 0.385. The Labute approximate surface area is 105 Å². The second-order valence-electron chi connectivity index (χ2n) is 5.73. The third kappa shape index (κ3) is 2.25. The molecular weight excluding hydrogens is 210 g/mol. The molecule has 3 nitrogen and oxygen atoms in total. The molecule has 1 aliphatic carbocycles. The predicted molar refractivity (Wildman–Crippen MR) is 71.1 cm³/mol. The van der Waals surface area contributed by atoms with Crippen LogP contribution in [-0.2, 0) is 6.42 Å². The molecule has 1 aromatic heterocycles. The van der Waals surface area contributed by atoms with E-state index in [0.717, 1.165) is 13.0 Å². The summed E-state index contributed by atoms with van der Waals surface area (Å²) in [5.41, 5.74) is 0.385. The Morgan fingerprint density at radius 2 is 2.24 bits per heavy atom. The van der Waals surface area contributed by atoms with Gasteiger partial charge in [-0.2, -0.15) is 0 Å². The van der Waals surface area contributed by atoms with Crippen molar-refractivity contribution in [2.24, 2.45) is 5.41 Å². The van der Waals surface area contributed by atoms with Gasteiger partial charge >= 0.3 is 0 Å². The largest absolute Gasteiger partial charge is 0.330 e. The van der Waals surface area contributed by atoms with E-state index >= 15 is 0 Å². The van der Waals surface area contributed by atoms with E-state index in [1.807, 2.05) is 6.20 Å². The van der Waals surface area contributed by atoms with Crippen LogP contribution in [-0.4, -0.2) is 22.1 Å². The van der Waals surface area contributed by atoms with Crippen LogP contribution in [0, 0.1) is 5.41 Å². The zero-order valence-electron chi connectivity index (χ0n) is 11.5. The highest BCUT2D eigenvalue weighted by molar-refractivity contribution is 5.04. The van der Waals surface area contributed by atoms with Gasteiger partial charge in [-0.1, -0.05) is 27.7 Å². The minimum atomic E-state index is 0.385. The van der Waals surface area contributed by atoms with E-state index in [-0.39, 0.29) is 0 Å². The van der Waals surface area contributed by atoms with E-state index < -0.39 is 0 Å². The highest BCUT2D eigenvalue weighted by atomic mass is 15.1. The molecule has 1 saturated carbocycles. The molecule has 1 fully saturated rings. The quantitative estimate of drug-likeness (QED) is 0.869. The highest BCUT2D eigenvalue weighted by Gasteiger charge is 2.42. The lowest BCUT2D eigenvalue weighted by Gasteiger charge is -2.32. The summed E-state index contributed by atoms with van der Waals surface area (Å²) in [5, 5.41) is 3.68. The van der Waals surface area contributed by atoms with Crippen LogP contribution in [0.1, 0.15) is 52.4 Å². The van der Waals surface area contributed by atoms with Gasteiger partial charge in [-0.05, 0) is 24.8 Å². The first-order valence-corrected chi connectivity index (χ1v) is 6.85. The van der Waals surface area contributed by atoms with Gasteiger partial charge < -0.3 is 9.88 Å². The number of rotatable bonds is 4. The number of nitrogens with one attached hydrogen (secondary N) is 1. The summed E-state index contributed by atoms with van der Waals surface area (Å²) in [6.45, 7) is 10.2. The second kappa shape index (κ2) is 4.81. The summed E-state index contributed by atoms with van der Waals surface area (Å²) in [7, 11) is 0. The molecule has 0 aromatic carbocycles. The third-order valence-corrected chi connectivity index (χ3v) is 4.16. The average Bonchev–Trinajstić information content (AvgIpc) is 2.85. The van der Waals surface area contributed by atoms with Gasteiger partial charge in [0.15, 0.2) is 0 Å². The summed E-state index contributed by atoms with van der Waals surface area (Å²) in [6.07, 6.45) is 7.65. The van der Waals surface area contributed by atoms with Gasteiger partial charge in [-0.15, -0.1) is 0 Å². The molecular formula is C14H25N3. The first-order valence-electron chi connectivity index (χ1n) is 6.85. The highest BCUT2D eigenvalue weighted by Crippen LogP contribution is 2.44. The van der Waals surface area contributed by atoms with Gasteiger partial charge in [-0.3, -0.25) is 0 Å². The van der Waals surface area contributed by atoms with Crippen LogP contribution in [0.2, 0.25) is 0 Å². The maximum Gasteiger partial charge on any atom is 0.108 e. The van der Waals surface area contributed by atoms with Crippen LogP contribution in [0.25, 0.3) is 0 Å². The van der Waals surface area contributed by atoms with Crippen LogP contribution in [0.5, 0.6) is 0 Å². The van der Waals surface area contributed by atoms with E-state index in [9.17, 15) is 0 Å². The van der Waals surface area contributed by atoms with Gasteiger partial charge in [-0.25, -0.2) is 4.98 Å². The third-order valence-electron chi connectivity index (χ3n) is 4.16. The number of likely N-dealkylation sites (N-methyl/N-ethyl adjacent to an activating group) is 1. The van der Waals surface area contributed by atoms with Gasteiger partial charge in [0, 0.05) is 24.9 Å². The lowest BCUT2D eigenvalue weighted by Crippen LogP contribution is -2.42. The Balaban J connectivity index is 2.26. The van der Waals surface area contributed by atoms with Crippen LogP contribution in [0.15, 0.2) is 12.4 Å². The normalized spacial score (nSPS) is 27.5. The fraction of sp³-hybridized carbons (Fsp3) is 0.786. The number of imidazole rings is 1. The van der Waals surface area contributed by atoms with Gasteiger partial charge in [0.25, 0.3) is 0 Å². The van der Waals surface area contributed by atoms with Gasteiger partial charge in [0.05, 0.1) is 6.04 Å². The van der Waals surface area contributed by atoms with Gasteiger partial charge in [0.2, 0.25) is 0 Å². The Hall–Kier alpha value is -0.830. The van der Waals surface area contributed by atoms with Gasteiger partial charge in [0.1, 0.15) is 5.82 Å². The molecule has 1 N–H and O–H groups in total.